The van der Waals surface area contributed by atoms with E-state index in [-0.39, 0.29) is 17.8 Å². The maximum atomic E-state index is 12.0. The van der Waals surface area contributed by atoms with E-state index in [2.05, 4.69) is 0 Å². The number of carbonyl (C=O) groups excluding carboxylic acids is 1. The van der Waals surface area contributed by atoms with E-state index in [4.69, 9.17) is 4.74 Å². The molecule has 0 aromatic heterocycles. The maximum absolute atomic E-state index is 12.0. The first-order chi connectivity index (χ1) is 7.33. The van der Waals surface area contributed by atoms with Gasteiger partial charge in [0.1, 0.15) is 6.10 Å². The van der Waals surface area contributed by atoms with Gasteiger partial charge in [0.15, 0.2) is 5.78 Å². The van der Waals surface area contributed by atoms with Crippen molar-refractivity contribution in [2.24, 2.45) is 0 Å². The molecule has 1 aromatic rings. The summed E-state index contributed by atoms with van der Waals surface area (Å²) in [6.07, 6.45) is 2.72. The van der Waals surface area contributed by atoms with Gasteiger partial charge in [0.05, 0.1) is 0 Å². The Kier molecular flexibility index (Phi) is 3.17. The van der Waals surface area contributed by atoms with Gasteiger partial charge < -0.3 is 4.74 Å². The third kappa shape index (κ3) is 2.10. The van der Waals surface area contributed by atoms with Crippen molar-refractivity contribution < 1.29 is 9.53 Å². The molecule has 2 unspecified atom stereocenters. The molecule has 1 fully saturated rings. The van der Waals surface area contributed by atoms with Crippen LogP contribution in [0.2, 0.25) is 0 Å². The van der Waals surface area contributed by atoms with E-state index in [9.17, 15) is 4.79 Å². The van der Waals surface area contributed by atoms with Gasteiger partial charge >= 0.3 is 0 Å². The Balaban J connectivity index is 2.19. The lowest BCUT2D eigenvalue weighted by Crippen LogP contribution is -2.32. The number of hydrogen-bond acceptors (Lipinski definition) is 2. The van der Waals surface area contributed by atoms with Crippen molar-refractivity contribution in [3.05, 3.63) is 35.9 Å². The quantitative estimate of drug-likeness (QED) is 0.740. The fourth-order valence-corrected chi connectivity index (χ4v) is 2.27. The van der Waals surface area contributed by atoms with Crippen molar-refractivity contribution >= 4 is 5.78 Å². The van der Waals surface area contributed by atoms with Crippen LogP contribution < -0.4 is 0 Å². The van der Waals surface area contributed by atoms with Crippen LogP contribution in [-0.2, 0) is 9.53 Å². The van der Waals surface area contributed by atoms with Gasteiger partial charge in [-0.3, -0.25) is 4.79 Å². The topological polar surface area (TPSA) is 26.3 Å². The van der Waals surface area contributed by atoms with E-state index < -0.39 is 0 Å². The Bertz CT molecular complexity index is 332. The van der Waals surface area contributed by atoms with Crippen molar-refractivity contribution in [2.75, 3.05) is 7.11 Å². The molecule has 0 radical (unpaired) electrons. The predicted octanol–water partition coefficient (Wildman–Crippen LogP) is 2.54. The number of rotatable bonds is 2. The Morgan fingerprint density at radius 1 is 1.20 bits per heavy atom. The predicted molar refractivity (Wildman–Crippen MR) is 58.8 cm³/mol. The molecule has 2 rings (SSSR count). The van der Waals surface area contributed by atoms with Crippen LogP contribution >= 0.6 is 0 Å². The summed E-state index contributed by atoms with van der Waals surface area (Å²) < 4.78 is 5.21. The Hall–Kier alpha value is -1.15. The first-order valence-corrected chi connectivity index (χ1v) is 5.44. The second-order valence-corrected chi connectivity index (χ2v) is 4.02. The van der Waals surface area contributed by atoms with Gasteiger partial charge in [-0.25, -0.2) is 0 Å². The van der Waals surface area contributed by atoms with Crippen molar-refractivity contribution in [3.63, 3.8) is 0 Å². The molecule has 1 aromatic carbocycles. The molecule has 0 heterocycles. The van der Waals surface area contributed by atoms with Crippen molar-refractivity contribution in [2.45, 2.75) is 31.3 Å². The van der Waals surface area contributed by atoms with Crippen molar-refractivity contribution in [1.82, 2.24) is 0 Å². The monoisotopic (exact) mass is 204 g/mol. The molecule has 0 aliphatic heterocycles. The minimum atomic E-state index is -0.191. The SMILES string of the molecule is COC1CCCC(c2ccccc2)C1=O. The highest BCUT2D eigenvalue weighted by Crippen LogP contribution is 2.30. The first-order valence-electron chi connectivity index (χ1n) is 5.44. The van der Waals surface area contributed by atoms with E-state index in [1.165, 1.54) is 0 Å². The van der Waals surface area contributed by atoms with Crippen LogP contribution in [0.25, 0.3) is 0 Å². The van der Waals surface area contributed by atoms with E-state index in [1.54, 1.807) is 7.11 Å². The van der Waals surface area contributed by atoms with E-state index in [0.29, 0.717) is 0 Å². The van der Waals surface area contributed by atoms with Gasteiger partial charge in [-0.15, -0.1) is 0 Å². The van der Waals surface area contributed by atoms with Gasteiger partial charge in [0.2, 0.25) is 0 Å². The lowest BCUT2D eigenvalue weighted by Gasteiger charge is -2.26. The van der Waals surface area contributed by atoms with E-state index >= 15 is 0 Å². The second-order valence-electron chi connectivity index (χ2n) is 4.02. The summed E-state index contributed by atoms with van der Waals surface area (Å²) in [6.45, 7) is 0. The number of carbonyl (C=O) groups is 1. The van der Waals surface area contributed by atoms with Crippen LogP contribution in [0, 0.1) is 0 Å². The van der Waals surface area contributed by atoms with E-state index in [1.807, 2.05) is 30.3 Å². The standard InChI is InChI=1S/C13H16O2/c1-15-12-9-5-8-11(13(12)14)10-6-3-2-4-7-10/h2-4,6-7,11-12H,5,8-9H2,1H3. The number of hydrogen-bond donors (Lipinski definition) is 0. The van der Waals surface area contributed by atoms with Crippen LogP contribution in [0.3, 0.4) is 0 Å². The summed E-state index contributed by atoms with van der Waals surface area (Å²) in [5.41, 5.74) is 1.13. The van der Waals surface area contributed by atoms with Crippen molar-refractivity contribution in [3.8, 4) is 0 Å². The molecule has 0 bridgehead atoms. The molecule has 2 atom stereocenters. The molecule has 0 spiro atoms. The molecule has 0 N–H and O–H groups in total. The zero-order chi connectivity index (χ0) is 10.7. The van der Waals surface area contributed by atoms with E-state index in [0.717, 1.165) is 24.8 Å². The van der Waals surface area contributed by atoms with Crippen molar-refractivity contribution in [1.29, 1.82) is 0 Å². The number of methoxy groups -OCH3 is 1. The number of Topliss-reactive ketones (excluding diaryl/α,β-unsaturated/α-hetero) is 1. The first kappa shape index (κ1) is 10.4. The van der Waals surface area contributed by atoms with Crippen LogP contribution in [0.1, 0.15) is 30.7 Å². The molecule has 1 aliphatic rings. The largest absolute Gasteiger partial charge is 0.374 e. The molecular formula is C13H16O2. The average molecular weight is 204 g/mol. The summed E-state index contributed by atoms with van der Waals surface area (Å²) in [4.78, 5) is 12.0. The fraction of sp³-hybridized carbons (Fsp3) is 0.462. The summed E-state index contributed by atoms with van der Waals surface area (Å²) >= 11 is 0. The van der Waals surface area contributed by atoms with Gasteiger partial charge in [0, 0.05) is 13.0 Å². The lowest BCUT2D eigenvalue weighted by molar-refractivity contribution is -0.133. The van der Waals surface area contributed by atoms with Gasteiger partial charge in [-0.1, -0.05) is 30.3 Å². The normalized spacial score (nSPS) is 26.6. The Morgan fingerprint density at radius 2 is 1.93 bits per heavy atom. The minimum Gasteiger partial charge on any atom is -0.374 e. The molecule has 2 heteroatoms. The fourth-order valence-electron chi connectivity index (χ4n) is 2.27. The third-order valence-corrected chi connectivity index (χ3v) is 3.11. The smallest absolute Gasteiger partial charge is 0.168 e. The zero-order valence-corrected chi connectivity index (χ0v) is 8.98. The highest BCUT2D eigenvalue weighted by Gasteiger charge is 2.31. The number of ketones is 1. The molecule has 1 aliphatic carbocycles. The van der Waals surface area contributed by atoms with Crippen LogP contribution in [-0.4, -0.2) is 19.0 Å². The van der Waals surface area contributed by atoms with Crippen LogP contribution in [0.15, 0.2) is 30.3 Å². The highest BCUT2D eigenvalue weighted by atomic mass is 16.5. The molecule has 15 heavy (non-hydrogen) atoms. The van der Waals surface area contributed by atoms with Gasteiger partial charge in [-0.05, 0) is 24.8 Å². The Morgan fingerprint density at radius 3 is 2.60 bits per heavy atom. The number of benzene rings is 1. The molecule has 2 nitrogen and oxygen atoms in total. The van der Waals surface area contributed by atoms with Gasteiger partial charge in [-0.2, -0.15) is 0 Å². The zero-order valence-electron chi connectivity index (χ0n) is 8.98. The maximum Gasteiger partial charge on any atom is 0.168 e. The minimum absolute atomic E-state index is 0.0462. The summed E-state index contributed by atoms with van der Waals surface area (Å²) in [5, 5.41) is 0. The van der Waals surface area contributed by atoms with Crippen LogP contribution in [0.4, 0.5) is 0 Å². The van der Waals surface area contributed by atoms with Gasteiger partial charge in [0.25, 0.3) is 0 Å². The molecule has 0 saturated heterocycles. The molecule has 80 valence electrons. The lowest BCUT2D eigenvalue weighted by atomic mass is 9.81. The highest BCUT2D eigenvalue weighted by molar-refractivity contribution is 5.90. The average Bonchev–Trinajstić information content (AvgIpc) is 2.30. The Labute approximate surface area is 90.3 Å². The molecular weight excluding hydrogens is 188 g/mol. The third-order valence-electron chi connectivity index (χ3n) is 3.11. The molecule has 0 amide bonds. The summed E-state index contributed by atoms with van der Waals surface area (Å²) in [5.74, 6) is 0.292. The van der Waals surface area contributed by atoms with Crippen LogP contribution in [0.5, 0.6) is 0 Å². The molecule has 1 saturated carbocycles. The second kappa shape index (κ2) is 4.58. The number of ether oxygens (including phenoxy) is 1. The summed E-state index contributed by atoms with van der Waals surface area (Å²) in [7, 11) is 1.62. The summed E-state index contributed by atoms with van der Waals surface area (Å²) in [6, 6.07) is 10.0.